The molecule has 0 unspecified atom stereocenters. The SMILES string of the molecule is Cc1cc(C)c(OC#N)c(C(c2cc(C)cc(C)c2OC#N)(C(F)(F)F)C(F)(F)F)c1. The zero-order valence-electron chi connectivity index (χ0n) is 16.8. The summed E-state index contributed by atoms with van der Waals surface area (Å²) in [4.78, 5) is 0. The summed E-state index contributed by atoms with van der Waals surface area (Å²) in [6.45, 7) is 5.10. The van der Waals surface area contributed by atoms with E-state index in [-0.39, 0.29) is 22.3 Å². The highest BCUT2D eigenvalue weighted by Crippen LogP contribution is 2.60. The van der Waals surface area contributed by atoms with Crippen LogP contribution in [0, 0.1) is 50.7 Å². The molecular formula is C21H16F6N2O2. The lowest BCUT2D eigenvalue weighted by atomic mass is 9.70. The molecule has 2 aromatic carbocycles. The molecule has 0 radical (unpaired) electrons. The summed E-state index contributed by atoms with van der Waals surface area (Å²) < 4.78 is 96.9. The van der Waals surface area contributed by atoms with E-state index in [0.717, 1.165) is 12.5 Å². The molecule has 0 heterocycles. The van der Waals surface area contributed by atoms with Gasteiger partial charge in [0.2, 0.25) is 5.41 Å². The maximum atomic E-state index is 14.6. The molecule has 0 aromatic heterocycles. The first kappa shape index (κ1) is 23.9. The van der Waals surface area contributed by atoms with Gasteiger partial charge in [-0.25, -0.2) is 0 Å². The first-order valence-electron chi connectivity index (χ1n) is 8.71. The van der Waals surface area contributed by atoms with Crippen LogP contribution in [0.4, 0.5) is 26.3 Å². The van der Waals surface area contributed by atoms with E-state index < -0.39 is 40.4 Å². The van der Waals surface area contributed by atoms with Crippen molar-refractivity contribution in [1.82, 2.24) is 0 Å². The van der Waals surface area contributed by atoms with Crippen molar-refractivity contribution in [3.8, 4) is 24.0 Å². The minimum absolute atomic E-state index is 0.0859. The largest absolute Gasteiger partial charge is 0.411 e. The molecule has 2 aromatic rings. The quantitative estimate of drug-likeness (QED) is 0.427. The van der Waals surface area contributed by atoms with E-state index in [2.05, 4.69) is 9.47 Å². The van der Waals surface area contributed by atoms with Crippen molar-refractivity contribution in [1.29, 1.82) is 10.5 Å². The van der Waals surface area contributed by atoms with Gasteiger partial charge in [-0.1, -0.05) is 35.4 Å². The third-order valence-corrected chi connectivity index (χ3v) is 4.79. The second-order valence-corrected chi connectivity index (χ2v) is 7.05. The average Bonchev–Trinajstić information content (AvgIpc) is 2.58. The first-order valence-corrected chi connectivity index (χ1v) is 8.71. The lowest BCUT2D eigenvalue weighted by Crippen LogP contribution is -2.55. The fraction of sp³-hybridized carbons (Fsp3) is 0.333. The van der Waals surface area contributed by atoms with Crippen LogP contribution in [0.3, 0.4) is 0 Å². The number of benzene rings is 2. The number of hydrogen-bond acceptors (Lipinski definition) is 4. The van der Waals surface area contributed by atoms with Gasteiger partial charge in [0, 0.05) is 11.1 Å². The number of nitriles is 2. The lowest BCUT2D eigenvalue weighted by Gasteiger charge is -2.40. The van der Waals surface area contributed by atoms with E-state index in [4.69, 9.17) is 10.5 Å². The standard InChI is InChI=1S/C21H16F6N2O2/c1-11-5-13(3)17(30-9-28)15(7-11)19(20(22,23)24,21(25,26)27)16-8-12(2)6-14(4)18(16)31-10-29/h5-8H,1-4H3. The summed E-state index contributed by atoms with van der Waals surface area (Å²) >= 11 is 0. The molecule has 0 aliphatic heterocycles. The molecule has 0 spiro atoms. The van der Waals surface area contributed by atoms with Crippen molar-refractivity contribution in [3.05, 3.63) is 57.6 Å². The van der Waals surface area contributed by atoms with Crippen molar-refractivity contribution >= 4 is 0 Å². The predicted octanol–water partition coefficient (Wildman–Crippen LogP) is 6.05. The topological polar surface area (TPSA) is 66.0 Å². The Bertz CT molecular complexity index is 1000. The smallest absolute Gasteiger partial charge is 0.387 e. The third-order valence-electron chi connectivity index (χ3n) is 4.79. The van der Waals surface area contributed by atoms with Crippen LogP contribution < -0.4 is 9.47 Å². The highest BCUT2D eigenvalue weighted by molar-refractivity contribution is 5.60. The Morgan fingerprint density at radius 3 is 1.23 bits per heavy atom. The van der Waals surface area contributed by atoms with Crippen LogP contribution in [0.2, 0.25) is 0 Å². The molecule has 2 rings (SSSR count). The van der Waals surface area contributed by atoms with E-state index >= 15 is 0 Å². The molecule has 10 heteroatoms. The Morgan fingerprint density at radius 2 is 0.968 bits per heavy atom. The van der Waals surface area contributed by atoms with Crippen LogP contribution in [-0.2, 0) is 5.41 Å². The molecule has 0 N–H and O–H groups in total. The number of nitrogens with zero attached hydrogens (tertiary/aromatic N) is 2. The summed E-state index contributed by atoms with van der Waals surface area (Å²) in [7, 11) is 0. The molecular weight excluding hydrogens is 426 g/mol. The third kappa shape index (κ3) is 3.86. The van der Waals surface area contributed by atoms with Gasteiger partial charge in [-0.15, -0.1) is 10.5 Å². The van der Waals surface area contributed by atoms with Gasteiger partial charge < -0.3 is 9.47 Å². The zero-order chi connectivity index (χ0) is 23.8. The Hall–Kier alpha value is -3.40. The van der Waals surface area contributed by atoms with E-state index in [9.17, 15) is 26.3 Å². The van der Waals surface area contributed by atoms with Crippen molar-refractivity contribution < 1.29 is 35.8 Å². The zero-order valence-corrected chi connectivity index (χ0v) is 16.8. The maximum absolute atomic E-state index is 14.6. The van der Waals surface area contributed by atoms with Gasteiger partial charge >= 0.3 is 12.4 Å². The van der Waals surface area contributed by atoms with Gasteiger partial charge in [-0.3, -0.25) is 0 Å². The van der Waals surface area contributed by atoms with Crippen LogP contribution >= 0.6 is 0 Å². The number of alkyl halides is 6. The number of aryl methyl sites for hydroxylation is 4. The van der Waals surface area contributed by atoms with Gasteiger partial charge in [0.1, 0.15) is 11.5 Å². The molecule has 31 heavy (non-hydrogen) atoms. The summed E-state index contributed by atoms with van der Waals surface area (Å²) in [5.74, 6) is -1.74. The molecule has 0 amide bonds. The van der Waals surface area contributed by atoms with Crippen molar-refractivity contribution in [2.75, 3.05) is 0 Å². The second-order valence-electron chi connectivity index (χ2n) is 7.05. The van der Waals surface area contributed by atoms with Crippen LogP contribution in [0.15, 0.2) is 24.3 Å². The summed E-state index contributed by atoms with van der Waals surface area (Å²) in [5.41, 5.74) is -7.31. The summed E-state index contributed by atoms with van der Waals surface area (Å²) in [6.07, 6.45) is -9.59. The number of hydrogen-bond donors (Lipinski definition) is 0. The molecule has 0 saturated carbocycles. The minimum Gasteiger partial charge on any atom is -0.387 e. The van der Waals surface area contributed by atoms with Crippen LogP contribution in [0.5, 0.6) is 11.5 Å². The average molecular weight is 442 g/mol. The summed E-state index contributed by atoms with van der Waals surface area (Å²) in [5, 5.41) is 17.8. The van der Waals surface area contributed by atoms with Crippen LogP contribution in [0.25, 0.3) is 0 Å². The van der Waals surface area contributed by atoms with E-state index in [1.165, 1.54) is 39.8 Å². The first-order chi connectivity index (χ1) is 14.2. The van der Waals surface area contributed by atoms with E-state index in [0.29, 0.717) is 12.1 Å². The molecule has 0 aliphatic carbocycles. The highest BCUT2D eigenvalue weighted by atomic mass is 19.4. The van der Waals surface area contributed by atoms with Crippen molar-refractivity contribution in [3.63, 3.8) is 0 Å². The van der Waals surface area contributed by atoms with Gasteiger partial charge in [0.05, 0.1) is 0 Å². The minimum atomic E-state index is -5.95. The van der Waals surface area contributed by atoms with Gasteiger partial charge in [-0.05, 0) is 38.8 Å². The highest BCUT2D eigenvalue weighted by Gasteiger charge is 2.74. The van der Waals surface area contributed by atoms with Gasteiger partial charge in [0.25, 0.3) is 12.5 Å². The van der Waals surface area contributed by atoms with Crippen LogP contribution in [-0.4, -0.2) is 12.4 Å². The fourth-order valence-electron chi connectivity index (χ4n) is 3.74. The summed E-state index contributed by atoms with van der Waals surface area (Å²) in [6, 6.07) is 3.94. The Labute approximate surface area is 174 Å². The fourth-order valence-corrected chi connectivity index (χ4v) is 3.74. The maximum Gasteiger partial charge on any atom is 0.411 e. The Kier molecular flexibility index (Phi) is 6.18. The normalized spacial score (nSPS) is 12.1. The van der Waals surface area contributed by atoms with Crippen LogP contribution in [0.1, 0.15) is 33.4 Å². The molecule has 164 valence electrons. The Balaban J connectivity index is 3.27. The second kappa shape index (κ2) is 8.03. The molecule has 0 saturated heterocycles. The van der Waals surface area contributed by atoms with Crippen molar-refractivity contribution in [2.24, 2.45) is 0 Å². The van der Waals surface area contributed by atoms with Crippen molar-refractivity contribution in [2.45, 2.75) is 45.5 Å². The van der Waals surface area contributed by atoms with E-state index in [1.54, 1.807) is 0 Å². The molecule has 0 bridgehead atoms. The van der Waals surface area contributed by atoms with Gasteiger partial charge in [0.15, 0.2) is 0 Å². The number of rotatable bonds is 4. The molecule has 0 atom stereocenters. The molecule has 0 aliphatic rings. The Morgan fingerprint density at radius 1 is 0.645 bits per heavy atom. The monoisotopic (exact) mass is 442 g/mol. The number of halogens is 6. The van der Waals surface area contributed by atoms with Gasteiger partial charge in [-0.2, -0.15) is 26.3 Å². The molecule has 0 fully saturated rings. The predicted molar refractivity (Wildman–Crippen MR) is 97.2 cm³/mol. The van der Waals surface area contributed by atoms with E-state index in [1.807, 2.05) is 0 Å². The molecule has 4 nitrogen and oxygen atoms in total. The lowest BCUT2D eigenvalue weighted by molar-refractivity contribution is -0.289. The number of ether oxygens (including phenoxy) is 2.